The molecule has 0 unspecified atom stereocenters. The van der Waals surface area contributed by atoms with E-state index in [1.165, 1.54) is 0 Å². The number of nitrogens with one attached hydrogen (secondary N) is 1. The predicted octanol–water partition coefficient (Wildman–Crippen LogP) is -0.871. The molecule has 6 heteroatoms. The molecule has 0 radical (unpaired) electrons. The van der Waals surface area contributed by atoms with E-state index in [9.17, 15) is 0 Å². The molecule has 0 saturated heterocycles. The van der Waals surface area contributed by atoms with Crippen molar-refractivity contribution in [1.82, 2.24) is 0 Å². The van der Waals surface area contributed by atoms with Crippen LogP contribution in [0.2, 0.25) is 0 Å². The molecule has 17 heavy (non-hydrogen) atoms. The van der Waals surface area contributed by atoms with Gasteiger partial charge in [-0.25, -0.2) is 4.99 Å². The largest absolute Gasteiger partial charge is 0.394 e. The van der Waals surface area contributed by atoms with Crippen molar-refractivity contribution in [2.24, 2.45) is 10.7 Å². The van der Waals surface area contributed by atoms with Crippen molar-refractivity contribution in [3.8, 4) is 0 Å². The van der Waals surface area contributed by atoms with Gasteiger partial charge in [0.05, 0.1) is 19.8 Å². The van der Waals surface area contributed by atoms with Gasteiger partial charge in [0.1, 0.15) is 5.54 Å². The van der Waals surface area contributed by atoms with E-state index in [-0.39, 0.29) is 5.96 Å². The molecule has 1 aromatic carbocycles. The molecule has 0 aliphatic rings. The lowest BCUT2D eigenvalue weighted by molar-refractivity contribution is 0.0714. The SMILES string of the molecule is NC(=NC(CO)(CO)CO)Nc1ccccc1. The summed E-state index contributed by atoms with van der Waals surface area (Å²) in [6.45, 7) is -1.47. The molecule has 0 aliphatic carbocycles. The van der Waals surface area contributed by atoms with Crippen LogP contribution < -0.4 is 11.1 Å². The maximum Gasteiger partial charge on any atom is 0.193 e. The standard InChI is InChI=1S/C11H17N3O3/c12-10(13-9-4-2-1-3-5-9)14-11(6-15,7-16)8-17/h1-5,15-17H,6-8H2,(H3,12,13,14). The smallest absolute Gasteiger partial charge is 0.193 e. The molecule has 0 saturated carbocycles. The third kappa shape index (κ3) is 3.70. The van der Waals surface area contributed by atoms with Crippen LogP contribution in [0.1, 0.15) is 0 Å². The highest BCUT2D eigenvalue weighted by Gasteiger charge is 2.27. The fourth-order valence-electron chi connectivity index (χ4n) is 1.21. The lowest BCUT2D eigenvalue weighted by Gasteiger charge is -2.23. The second-order valence-corrected chi connectivity index (χ2v) is 3.69. The van der Waals surface area contributed by atoms with E-state index < -0.39 is 25.4 Å². The molecule has 0 fully saturated rings. The Balaban J connectivity index is 2.78. The average molecular weight is 239 g/mol. The first kappa shape index (κ1) is 13.4. The first-order valence-corrected chi connectivity index (χ1v) is 5.16. The van der Waals surface area contributed by atoms with Gasteiger partial charge in [-0.2, -0.15) is 0 Å². The molecule has 0 aromatic heterocycles. The Hall–Kier alpha value is -1.63. The number of nitrogens with two attached hydrogens (primary N) is 1. The van der Waals surface area contributed by atoms with Crippen LogP contribution in [0.3, 0.4) is 0 Å². The molecule has 0 amide bonds. The second-order valence-electron chi connectivity index (χ2n) is 3.69. The van der Waals surface area contributed by atoms with Crippen molar-refractivity contribution in [3.63, 3.8) is 0 Å². The Morgan fingerprint density at radius 1 is 1.12 bits per heavy atom. The number of para-hydroxylation sites is 1. The van der Waals surface area contributed by atoms with E-state index in [0.29, 0.717) is 0 Å². The quantitative estimate of drug-likeness (QED) is 0.339. The molecule has 0 aliphatic heterocycles. The van der Waals surface area contributed by atoms with Crippen LogP contribution in [0, 0.1) is 0 Å². The minimum Gasteiger partial charge on any atom is -0.394 e. The summed E-state index contributed by atoms with van der Waals surface area (Å²) in [4.78, 5) is 3.89. The van der Waals surface area contributed by atoms with E-state index in [2.05, 4.69) is 10.3 Å². The molecule has 0 heterocycles. The van der Waals surface area contributed by atoms with Crippen LogP contribution in [0.15, 0.2) is 35.3 Å². The summed E-state index contributed by atoms with van der Waals surface area (Å²) in [6, 6.07) is 9.10. The van der Waals surface area contributed by atoms with Crippen molar-refractivity contribution < 1.29 is 15.3 Å². The van der Waals surface area contributed by atoms with Crippen LogP contribution in [0.4, 0.5) is 5.69 Å². The number of aliphatic hydroxyl groups excluding tert-OH is 3. The third-order valence-electron chi connectivity index (χ3n) is 2.29. The predicted molar refractivity (Wildman–Crippen MR) is 65.7 cm³/mol. The van der Waals surface area contributed by atoms with Crippen LogP contribution in [-0.4, -0.2) is 46.6 Å². The van der Waals surface area contributed by atoms with Crippen LogP contribution in [0.25, 0.3) is 0 Å². The summed E-state index contributed by atoms with van der Waals surface area (Å²) in [5, 5.41) is 30.0. The van der Waals surface area contributed by atoms with E-state index in [1.807, 2.05) is 18.2 Å². The summed E-state index contributed by atoms with van der Waals surface area (Å²) < 4.78 is 0. The van der Waals surface area contributed by atoms with Gasteiger partial charge in [0.2, 0.25) is 0 Å². The second kappa shape index (κ2) is 6.19. The number of hydrogen-bond donors (Lipinski definition) is 5. The Labute approximate surface area is 99.4 Å². The summed E-state index contributed by atoms with van der Waals surface area (Å²) >= 11 is 0. The van der Waals surface area contributed by atoms with E-state index in [0.717, 1.165) is 5.69 Å². The number of hydrogen-bond acceptors (Lipinski definition) is 4. The van der Waals surface area contributed by atoms with Crippen molar-refractivity contribution in [3.05, 3.63) is 30.3 Å². The van der Waals surface area contributed by atoms with E-state index >= 15 is 0 Å². The van der Waals surface area contributed by atoms with Gasteiger partial charge >= 0.3 is 0 Å². The van der Waals surface area contributed by atoms with Crippen molar-refractivity contribution >= 4 is 11.6 Å². The molecule has 0 spiro atoms. The van der Waals surface area contributed by atoms with Crippen LogP contribution in [0.5, 0.6) is 0 Å². The zero-order valence-corrected chi connectivity index (χ0v) is 9.37. The zero-order chi connectivity index (χ0) is 12.7. The van der Waals surface area contributed by atoms with Crippen molar-refractivity contribution in [2.45, 2.75) is 5.54 Å². The van der Waals surface area contributed by atoms with Gasteiger partial charge in [-0.15, -0.1) is 0 Å². The number of nitrogens with zero attached hydrogens (tertiary/aromatic N) is 1. The lowest BCUT2D eigenvalue weighted by Crippen LogP contribution is -2.43. The molecule has 1 rings (SSSR count). The van der Waals surface area contributed by atoms with Crippen molar-refractivity contribution in [2.75, 3.05) is 25.1 Å². The number of aliphatic hydroxyl groups is 3. The van der Waals surface area contributed by atoms with E-state index in [4.69, 9.17) is 21.1 Å². The number of anilines is 1. The van der Waals surface area contributed by atoms with Gasteiger partial charge in [-0.1, -0.05) is 18.2 Å². The third-order valence-corrected chi connectivity index (χ3v) is 2.29. The Morgan fingerprint density at radius 2 is 1.65 bits per heavy atom. The Bertz CT molecular complexity index is 355. The molecule has 0 atom stereocenters. The number of rotatable bonds is 5. The summed E-state index contributed by atoms with van der Waals surface area (Å²) in [6.07, 6.45) is 0. The Morgan fingerprint density at radius 3 is 2.12 bits per heavy atom. The molecule has 6 nitrogen and oxygen atoms in total. The van der Waals surface area contributed by atoms with Crippen molar-refractivity contribution in [1.29, 1.82) is 0 Å². The van der Waals surface area contributed by atoms with Gasteiger partial charge < -0.3 is 26.4 Å². The van der Waals surface area contributed by atoms with Crippen LogP contribution in [-0.2, 0) is 0 Å². The first-order valence-electron chi connectivity index (χ1n) is 5.16. The maximum atomic E-state index is 9.08. The number of aliphatic imine (C=N–C) groups is 1. The molecular formula is C11H17N3O3. The number of benzene rings is 1. The highest BCUT2D eigenvalue weighted by molar-refractivity contribution is 5.92. The van der Waals surface area contributed by atoms with Gasteiger partial charge in [0, 0.05) is 5.69 Å². The van der Waals surface area contributed by atoms with Crippen LogP contribution >= 0.6 is 0 Å². The highest BCUT2D eigenvalue weighted by Crippen LogP contribution is 2.10. The Kier molecular flexibility index (Phi) is 4.89. The average Bonchev–Trinajstić information content (AvgIpc) is 2.37. The molecule has 1 aromatic rings. The summed E-state index contributed by atoms with van der Waals surface area (Å²) in [5.41, 5.74) is 5.00. The summed E-state index contributed by atoms with van der Waals surface area (Å²) in [7, 11) is 0. The fourth-order valence-corrected chi connectivity index (χ4v) is 1.21. The van der Waals surface area contributed by atoms with Gasteiger partial charge in [0.25, 0.3) is 0 Å². The number of guanidine groups is 1. The maximum absolute atomic E-state index is 9.08. The molecule has 6 N–H and O–H groups in total. The minimum absolute atomic E-state index is 0.0216. The van der Waals surface area contributed by atoms with Gasteiger partial charge in [-0.05, 0) is 12.1 Å². The van der Waals surface area contributed by atoms with Gasteiger partial charge in [-0.3, -0.25) is 0 Å². The summed E-state index contributed by atoms with van der Waals surface area (Å²) in [5.74, 6) is 0.0216. The van der Waals surface area contributed by atoms with E-state index in [1.54, 1.807) is 12.1 Å². The fraction of sp³-hybridized carbons (Fsp3) is 0.364. The topological polar surface area (TPSA) is 111 Å². The molecular weight excluding hydrogens is 222 g/mol. The zero-order valence-electron chi connectivity index (χ0n) is 9.37. The monoisotopic (exact) mass is 239 g/mol. The molecule has 94 valence electrons. The normalized spacial score (nSPS) is 12.5. The molecule has 0 bridgehead atoms. The first-order chi connectivity index (χ1) is 8.15. The minimum atomic E-state index is -1.36. The highest BCUT2D eigenvalue weighted by atomic mass is 16.3. The lowest BCUT2D eigenvalue weighted by atomic mass is 10.1. The van der Waals surface area contributed by atoms with Gasteiger partial charge in [0.15, 0.2) is 5.96 Å².